The van der Waals surface area contributed by atoms with E-state index < -0.39 is 0 Å². The molecule has 0 radical (unpaired) electrons. The van der Waals surface area contributed by atoms with Crippen LogP contribution in [0.1, 0.15) is 26.9 Å². The zero-order valence-electron chi connectivity index (χ0n) is 18.2. The maximum Gasteiger partial charge on any atom is 0.282 e. The summed E-state index contributed by atoms with van der Waals surface area (Å²) in [5, 5.41) is 3.42. The molecule has 2 aromatic heterocycles. The van der Waals surface area contributed by atoms with Crippen molar-refractivity contribution in [1.29, 1.82) is 0 Å². The molecule has 9 heteroatoms. The molecule has 166 valence electrons. The topological polar surface area (TPSA) is 69.6 Å². The Kier molecular flexibility index (Phi) is 5.79. The van der Waals surface area contributed by atoms with Crippen LogP contribution >= 0.6 is 22.7 Å². The van der Waals surface area contributed by atoms with E-state index in [0.29, 0.717) is 31.1 Å². The number of piperazine rings is 1. The van der Waals surface area contributed by atoms with Crippen LogP contribution in [0.3, 0.4) is 0 Å². The fraction of sp³-hybridized carbons (Fsp3) is 0.391. The first-order valence-corrected chi connectivity index (χ1v) is 12.5. The molecule has 0 N–H and O–H groups in total. The van der Waals surface area contributed by atoms with Crippen molar-refractivity contribution in [3.05, 3.63) is 51.6 Å². The number of thiazole rings is 2. The zero-order valence-corrected chi connectivity index (χ0v) is 19.8. The molecule has 1 atom stereocenters. The van der Waals surface area contributed by atoms with Crippen molar-refractivity contribution in [3.63, 3.8) is 0 Å². The van der Waals surface area contributed by atoms with Gasteiger partial charge >= 0.3 is 0 Å². The third kappa shape index (κ3) is 4.07. The second kappa shape index (κ2) is 8.73. The predicted octanol–water partition coefficient (Wildman–Crippen LogP) is 3.45. The monoisotopic (exact) mass is 467 g/mol. The number of amides is 2. The highest BCUT2D eigenvalue weighted by molar-refractivity contribution is 7.15. The third-order valence-electron chi connectivity index (χ3n) is 6.16. The van der Waals surface area contributed by atoms with Crippen molar-refractivity contribution in [2.75, 3.05) is 37.6 Å². The smallest absolute Gasteiger partial charge is 0.282 e. The van der Waals surface area contributed by atoms with Gasteiger partial charge in [0.15, 0.2) is 5.01 Å². The van der Waals surface area contributed by atoms with Crippen LogP contribution in [0.5, 0.6) is 0 Å². The lowest BCUT2D eigenvalue weighted by molar-refractivity contribution is -0.117. The molecular weight excluding hydrogens is 442 g/mol. The Hall–Kier alpha value is -2.62. The Balaban J connectivity index is 1.25. The van der Waals surface area contributed by atoms with E-state index in [4.69, 9.17) is 0 Å². The average Bonchev–Trinajstić information content (AvgIpc) is 3.54. The van der Waals surface area contributed by atoms with E-state index in [9.17, 15) is 9.59 Å². The Morgan fingerprint density at radius 3 is 2.66 bits per heavy atom. The van der Waals surface area contributed by atoms with E-state index >= 15 is 0 Å². The van der Waals surface area contributed by atoms with Crippen LogP contribution in [0.25, 0.3) is 10.4 Å². The maximum absolute atomic E-state index is 12.9. The van der Waals surface area contributed by atoms with Gasteiger partial charge in [0.05, 0.1) is 15.6 Å². The fourth-order valence-corrected chi connectivity index (χ4v) is 6.07. The maximum atomic E-state index is 12.9. The molecule has 4 heterocycles. The minimum atomic E-state index is 0.00851. The first-order valence-electron chi connectivity index (χ1n) is 10.8. The zero-order chi connectivity index (χ0) is 22.2. The largest absolute Gasteiger partial charge is 0.334 e. The van der Waals surface area contributed by atoms with Gasteiger partial charge in [-0.3, -0.25) is 14.5 Å². The minimum absolute atomic E-state index is 0.00851. The summed E-state index contributed by atoms with van der Waals surface area (Å²) in [7, 11) is 0. The Labute approximate surface area is 195 Å². The molecule has 0 spiro atoms. The Morgan fingerprint density at radius 2 is 1.97 bits per heavy atom. The van der Waals surface area contributed by atoms with Crippen LogP contribution in [0, 0.1) is 13.8 Å². The summed E-state index contributed by atoms with van der Waals surface area (Å²) in [6.45, 7) is 7.63. The first-order chi connectivity index (χ1) is 15.5. The van der Waals surface area contributed by atoms with Crippen molar-refractivity contribution in [1.82, 2.24) is 19.8 Å². The van der Waals surface area contributed by atoms with Gasteiger partial charge in [-0.2, -0.15) is 0 Å². The van der Waals surface area contributed by atoms with E-state index in [0.717, 1.165) is 39.9 Å². The molecule has 0 aliphatic carbocycles. The molecule has 3 aromatic rings. The number of nitrogens with zero attached hydrogens (tertiary/aromatic N) is 5. The lowest BCUT2D eigenvalue weighted by Crippen LogP contribution is -2.52. The van der Waals surface area contributed by atoms with Crippen molar-refractivity contribution in [2.24, 2.45) is 0 Å². The minimum Gasteiger partial charge on any atom is -0.334 e. The van der Waals surface area contributed by atoms with Crippen LogP contribution < -0.4 is 4.90 Å². The lowest BCUT2D eigenvalue weighted by Gasteiger charge is -2.37. The number of aromatic nitrogens is 2. The molecule has 2 saturated heterocycles. The number of carbonyl (C=O) groups is 2. The van der Waals surface area contributed by atoms with Gasteiger partial charge in [0.1, 0.15) is 0 Å². The number of hydrogen-bond donors (Lipinski definition) is 0. The second-order valence-electron chi connectivity index (χ2n) is 8.23. The normalized spacial score (nSPS) is 19.7. The molecule has 32 heavy (non-hydrogen) atoms. The summed E-state index contributed by atoms with van der Waals surface area (Å²) < 4.78 is 0. The van der Waals surface area contributed by atoms with Gasteiger partial charge in [0, 0.05) is 62.5 Å². The van der Waals surface area contributed by atoms with Gasteiger partial charge in [0.2, 0.25) is 5.91 Å². The van der Waals surface area contributed by atoms with E-state index in [-0.39, 0.29) is 17.9 Å². The molecule has 1 aromatic carbocycles. The summed E-state index contributed by atoms with van der Waals surface area (Å²) in [5.41, 5.74) is 3.08. The quantitative estimate of drug-likeness (QED) is 0.588. The Morgan fingerprint density at radius 1 is 1.16 bits per heavy atom. The number of rotatable bonds is 4. The standard InChI is InChI=1S/C23H25N5O2S2/c1-15-21(32-16(2)25-15)17-4-3-5-18(12-17)28-14-19(13-20(28)29)26-7-9-27(10-8-26)23(30)22-24-6-11-31-22/h3-6,11-12,19H,7-10,13-14H2,1-2H3. The van der Waals surface area contributed by atoms with Crippen LogP contribution in [-0.4, -0.2) is 70.3 Å². The van der Waals surface area contributed by atoms with Crippen molar-refractivity contribution in [2.45, 2.75) is 26.3 Å². The van der Waals surface area contributed by atoms with Gasteiger partial charge < -0.3 is 9.80 Å². The third-order valence-corrected chi connectivity index (χ3v) is 8.04. The molecule has 2 fully saturated rings. The number of aryl methyl sites for hydroxylation is 2. The van der Waals surface area contributed by atoms with Gasteiger partial charge in [-0.15, -0.1) is 22.7 Å². The van der Waals surface area contributed by atoms with E-state index in [2.05, 4.69) is 27.0 Å². The summed E-state index contributed by atoms with van der Waals surface area (Å²) >= 11 is 3.07. The van der Waals surface area contributed by atoms with Crippen LogP contribution in [0.2, 0.25) is 0 Å². The Bertz CT molecular complexity index is 1140. The number of benzene rings is 1. The predicted molar refractivity (Wildman–Crippen MR) is 127 cm³/mol. The van der Waals surface area contributed by atoms with E-state index in [1.54, 1.807) is 17.5 Å². The fourth-order valence-electron chi connectivity index (χ4n) is 4.55. The van der Waals surface area contributed by atoms with Crippen molar-refractivity contribution >= 4 is 40.2 Å². The molecular formula is C23H25N5O2S2. The number of anilines is 1. The van der Waals surface area contributed by atoms with Gasteiger partial charge in [-0.05, 0) is 31.5 Å². The van der Waals surface area contributed by atoms with Crippen molar-refractivity contribution < 1.29 is 9.59 Å². The van der Waals surface area contributed by atoms with Crippen LogP contribution in [0.4, 0.5) is 5.69 Å². The van der Waals surface area contributed by atoms with Gasteiger partial charge in [-0.25, -0.2) is 9.97 Å². The van der Waals surface area contributed by atoms with Gasteiger partial charge in [-0.1, -0.05) is 12.1 Å². The van der Waals surface area contributed by atoms with E-state index in [1.165, 1.54) is 11.3 Å². The number of hydrogen-bond acceptors (Lipinski definition) is 7. The van der Waals surface area contributed by atoms with Crippen LogP contribution in [-0.2, 0) is 4.79 Å². The number of carbonyl (C=O) groups excluding carboxylic acids is 2. The highest BCUT2D eigenvalue weighted by atomic mass is 32.1. The summed E-state index contributed by atoms with van der Waals surface area (Å²) in [5.74, 6) is 0.167. The molecule has 2 aliphatic rings. The van der Waals surface area contributed by atoms with E-state index in [1.807, 2.05) is 41.2 Å². The molecule has 2 amide bonds. The average molecular weight is 468 g/mol. The van der Waals surface area contributed by atoms with Crippen molar-refractivity contribution in [3.8, 4) is 10.4 Å². The molecule has 0 saturated carbocycles. The SMILES string of the molecule is Cc1nc(C)c(-c2cccc(N3CC(N4CCN(C(=O)c5nccs5)CC4)CC3=O)c2)s1. The van der Waals surface area contributed by atoms with Gasteiger partial charge in [0.25, 0.3) is 5.91 Å². The summed E-state index contributed by atoms with van der Waals surface area (Å²) in [6.07, 6.45) is 2.18. The van der Waals surface area contributed by atoms with Crippen LogP contribution in [0.15, 0.2) is 35.8 Å². The summed E-state index contributed by atoms with van der Waals surface area (Å²) in [6, 6.07) is 8.39. The lowest BCUT2D eigenvalue weighted by atomic mass is 10.1. The highest BCUT2D eigenvalue weighted by Gasteiger charge is 2.36. The highest BCUT2D eigenvalue weighted by Crippen LogP contribution is 2.33. The summed E-state index contributed by atoms with van der Waals surface area (Å²) in [4.78, 5) is 41.4. The molecule has 2 aliphatic heterocycles. The second-order valence-corrected chi connectivity index (χ2v) is 10.3. The molecule has 0 bridgehead atoms. The molecule has 5 rings (SSSR count). The first kappa shape index (κ1) is 21.2. The molecule has 1 unspecified atom stereocenters. The molecule has 7 nitrogen and oxygen atoms in total.